The largest absolute Gasteiger partial charge is 0.326 e. The van der Waals surface area contributed by atoms with E-state index in [2.05, 4.69) is 10.6 Å². The Hall–Kier alpha value is -1.88. The Balaban J connectivity index is 1.94. The van der Waals surface area contributed by atoms with Crippen LogP contribution in [0.5, 0.6) is 0 Å². The lowest BCUT2D eigenvalue weighted by Gasteiger charge is -2.37. The monoisotopic (exact) mass is 289 g/mol. The minimum atomic E-state index is -0.326. The Kier molecular flexibility index (Phi) is 4.63. The van der Waals surface area contributed by atoms with E-state index in [1.807, 2.05) is 13.8 Å². The Labute approximate surface area is 125 Å². The van der Waals surface area contributed by atoms with E-state index in [4.69, 9.17) is 5.73 Å². The quantitative estimate of drug-likeness (QED) is 0.778. The fraction of sp³-hybridized carbons (Fsp3) is 0.500. The summed E-state index contributed by atoms with van der Waals surface area (Å²) in [6, 6.07) is 7.15. The smallest absolute Gasteiger partial charge is 0.226 e. The van der Waals surface area contributed by atoms with Gasteiger partial charge in [0, 0.05) is 29.3 Å². The second-order valence-electron chi connectivity index (χ2n) is 6.17. The van der Waals surface area contributed by atoms with E-state index in [1.54, 1.807) is 24.3 Å². The molecule has 5 heteroatoms. The van der Waals surface area contributed by atoms with Gasteiger partial charge in [-0.05, 0) is 37.5 Å². The first-order valence-electron chi connectivity index (χ1n) is 7.38. The maximum absolute atomic E-state index is 12.0. The molecule has 1 aromatic rings. The molecule has 0 saturated heterocycles. The number of carbonyl (C=O) groups is 2. The topological polar surface area (TPSA) is 84.2 Å². The molecule has 0 spiro atoms. The van der Waals surface area contributed by atoms with Gasteiger partial charge in [-0.3, -0.25) is 9.59 Å². The number of benzene rings is 1. The molecule has 0 atom stereocenters. The minimum absolute atomic E-state index is 0.0474. The molecule has 0 aromatic heterocycles. The third-order valence-electron chi connectivity index (χ3n) is 3.80. The molecule has 4 N–H and O–H groups in total. The lowest BCUT2D eigenvalue weighted by molar-refractivity contribution is -0.119. The number of anilines is 2. The molecule has 0 bridgehead atoms. The van der Waals surface area contributed by atoms with Gasteiger partial charge >= 0.3 is 0 Å². The van der Waals surface area contributed by atoms with Gasteiger partial charge in [-0.15, -0.1) is 0 Å². The summed E-state index contributed by atoms with van der Waals surface area (Å²) < 4.78 is 0. The van der Waals surface area contributed by atoms with E-state index < -0.39 is 0 Å². The third kappa shape index (κ3) is 4.29. The van der Waals surface area contributed by atoms with Crippen molar-refractivity contribution in [3.63, 3.8) is 0 Å². The van der Waals surface area contributed by atoms with Gasteiger partial charge in [0.25, 0.3) is 0 Å². The number of amides is 2. The van der Waals surface area contributed by atoms with Crippen LogP contribution in [0.3, 0.4) is 0 Å². The van der Waals surface area contributed by atoms with E-state index in [9.17, 15) is 9.59 Å². The van der Waals surface area contributed by atoms with Gasteiger partial charge in [-0.1, -0.05) is 19.9 Å². The molecular formula is C16H23N3O2. The molecule has 114 valence electrons. The van der Waals surface area contributed by atoms with Crippen molar-refractivity contribution in [2.45, 2.75) is 45.1 Å². The van der Waals surface area contributed by atoms with Crippen molar-refractivity contribution < 1.29 is 9.59 Å². The molecule has 1 saturated carbocycles. The van der Waals surface area contributed by atoms with Gasteiger partial charge in [0.1, 0.15) is 0 Å². The van der Waals surface area contributed by atoms with Crippen LogP contribution >= 0.6 is 0 Å². The molecule has 1 fully saturated rings. The molecule has 1 aliphatic rings. The normalized spacial score (nSPS) is 16.2. The van der Waals surface area contributed by atoms with Gasteiger partial charge in [0.05, 0.1) is 0 Å². The molecule has 2 amide bonds. The number of nitrogens with one attached hydrogen (secondary N) is 2. The van der Waals surface area contributed by atoms with Crippen LogP contribution in [-0.2, 0) is 9.59 Å². The summed E-state index contributed by atoms with van der Waals surface area (Å²) in [5, 5.41) is 5.65. The summed E-state index contributed by atoms with van der Waals surface area (Å²) in [7, 11) is 0. The van der Waals surface area contributed by atoms with E-state index in [-0.39, 0.29) is 23.3 Å². The lowest BCUT2D eigenvalue weighted by Crippen LogP contribution is -2.48. The highest BCUT2D eigenvalue weighted by atomic mass is 16.2. The Bertz CT molecular complexity index is 536. The molecule has 2 rings (SSSR count). The van der Waals surface area contributed by atoms with Crippen molar-refractivity contribution in [2.75, 3.05) is 10.6 Å². The van der Waals surface area contributed by atoms with Crippen LogP contribution in [0, 0.1) is 5.92 Å². The number of carbonyl (C=O) groups excluding carboxylic acids is 2. The SMILES string of the molecule is CC(C)C(=O)Nc1cccc(NC(=O)CC2(N)CCC2)c1. The van der Waals surface area contributed by atoms with Gasteiger partial charge < -0.3 is 16.4 Å². The summed E-state index contributed by atoms with van der Waals surface area (Å²) >= 11 is 0. The molecule has 1 aromatic carbocycles. The molecule has 5 nitrogen and oxygen atoms in total. The van der Waals surface area contributed by atoms with Gasteiger partial charge in [0.15, 0.2) is 0 Å². The highest BCUT2D eigenvalue weighted by molar-refractivity contribution is 5.95. The van der Waals surface area contributed by atoms with Crippen molar-refractivity contribution in [3.8, 4) is 0 Å². The zero-order valence-corrected chi connectivity index (χ0v) is 12.6. The predicted octanol–water partition coefficient (Wildman–Crippen LogP) is 2.49. The molecule has 0 aliphatic heterocycles. The Morgan fingerprint density at radius 1 is 1.24 bits per heavy atom. The van der Waals surface area contributed by atoms with Crippen molar-refractivity contribution in [1.29, 1.82) is 0 Å². The maximum atomic E-state index is 12.0. The number of rotatable bonds is 5. The van der Waals surface area contributed by atoms with Crippen molar-refractivity contribution >= 4 is 23.2 Å². The fourth-order valence-corrected chi connectivity index (χ4v) is 2.29. The van der Waals surface area contributed by atoms with Crippen LogP contribution in [-0.4, -0.2) is 17.4 Å². The third-order valence-corrected chi connectivity index (χ3v) is 3.80. The molecule has 0 heterocycles. The fourth-order valence-electron chi connectivity index (χ4n) is 2.29. The van der Waals surface area contributed by atoms with Crippen LogP contribution in [0.1, 0.15) is 39.5 Å². The zero-order chi connectivity index (χ0) is 15.5. The highest BCUT2D eigenvalue weighted by Crippen LogP contribution is 2.32. The van der Waals surface area contributed by atoms with Crippen LogP contribution in [0.4, 0.5) is 11.4 Å². The average molecular weight is 289 g/mol. The van der Waals surface area contributed by atoms with Gasteiger partial charge in [0.2, 0.25) is 11.8 Å². The summed E-state index contributed by atoms with van der Waals surface area (Å²) in [6.45, 7) is 3.67. The van der Waals surface area contributed by atoms with Crippen LogP contribution in [0.15, 0.2) is 24.3 Å². The Morgan fingerprint density at radius 3 is 2.38 bits per heavy atom. The summed E-state index contributed by atoms with van der Waals surface area (Å²) in [5.41, 5.74) is 7.09. The maximum Gasteiger partial charge on any atom is 0.226 e. The van der Waals surface area contributed by atoms with Gasteiger partial charge in [-0.25, -0.2) is 0 Å². The lowest BCUT2D eigenvalue weighted by atomic mass is 9.75. The van der Waals surface area contributed by atoms with E-state index >= 15 is 0 Å². The van der Waals surface area contributed by atoms with Crippen LogP contribution in [0.25, 0.3) is 0 Å². The molecule has 0 radical (unpaired) electrons. The second-order valence-corrected chi connectivity index (χ2v) is 6.17. The number of hydrogen-bond donors (Lipinski definition) is 3. The first-order valence-corrected chi connectivity index (χ1v) is 7.38. The van der Waals surface area contributed by atoms with Crippen LogP contribution in [0.2, 0.25) is 0 Å². The van der Waals surface area contributed by atoms with Gasteiger partial charge in [-0.2, -0.15) is 0 Å². The highest BCUT2D eigenvalue weighted by Gasteiger charge is 2.34. The zero-order valence-electron chi connectivity index (χ0n) is 12.6. The molecule has 0 unspecified atom stereocenters. The van der Waals surface area contributed by atoms with E-state index in [0.29, 0.717) is 17.8 Å². The summed E-state index contributed by atoms with van der Waals surface area (Å²) in [4.78, 5) is 23.6. The predicted molar refractivity (Wildman–Crippen MR) is 83.9 cm³/mol. The number of hydrogen-bond acceptors (Lipinski definition) is 3. The molecular weight excluding hydrogens is 266 g/mol. The molecule has 1 aliphatic carbocycles. The number of nitrogens with two attached hydrogens (primary N) is 1. The average Bonchev–Trinajstić information content (AvgIpc) is 2.36. The van der Waals surface area contributed by atoms with E-state index in [0.717, 1.165) is 19.3 Å². The standard InChI is InChI=1S/C16H23N3O2/c1-11(2)15(21)19-13-6-3-5-12(9-13)18-14(20)10-16(17)7-4-8-16/h3,5-6,9,11H,4,7-8,10,17H2,1-2H3,(H,18,20)(H,19,21). The summed E-state index contributed by atoms with van der Waals surface area (Å²) in [6.07, 6.45) is 3.26. The van der Waals surface area contributed by atoms with E-state index in [1.165, 1.54) is 0 Å². The first-order chi connectivity index (χ1) is 9.88. The second kappa shape index (κ2) is 6.26. The van der Waals surface area contributed by atoms with Crippen molar-refractivity contribution in [1.82, 2.24) is 0 Å². The van der Waals surface area contributed by atoms with Crippen molar-refractivity contribution in [3.05, 3.63) is 24.3 Å². The van der Waals surface area contributed by atoms with Crippen LogP contribution < -0.4 is 16.4 Å². The van der Waals surface area contributed by atoms with Crippen molar-refractivity contribution in [2.24, 2.45) is 11.7 Å². The minimum Gasteiger partial charge on any atom is -0.326 e. The Morgan fingerprint density at radius 2 is 1.86 bits per heavy atom. The first kappa shape index (κ1) is 15.5. The summed E-state index contributed by atoms with van der Waals surface area (Å²) in [5.74, 6) is -0.211. The molecule has 21 heavy (non-hydrogen) atoms.